The van der Waals surface area contributed by atoms with Crippen LogP contribution in [0.2, 0.25) is 10.0 Å². The van der Waals surface area contributed by atoms with Gasteiger partial charge in [-0.05, 0) is 56.1 Å². The minimum Gasteiger partial charge on any atom is -0.486 e. The molecule has 0 heterocycles. The Bertz CT molecular complexity index is 616. The van der Waals surface area contributed by atoms with Gasteiger partial charge in [-0.2, -0.15) is 0 Å². The molecule has 0 saturated carbocycles. The Labute approximate surface area is 143 Å². The lowest BCUT2D eigenvalue weighted by Crippen LogP contribution is -1.99. The molecule has 0 fully saturated rings. The van der Waals surface area contributed by atoms with E-state index in [0.717, 1.165) is 6.29 Å². The normalized spacial score (nSPS) is 10.4. The summed E-state index contributed by atoms with van der Waals surface area (Å²) in [6, 6.07) is 8.65. The molecule has 0 aliphatic rings. The van der Waals surface area contributed by atoms with Crippen molar-refractivity contribution in [3.8, 4) is 5.75 Å². The molecule has 2 rings (SSSR count). The highest BCUT2D eigenvalue weighted by Crippen LogP contribution is 2.36. The molecule has 0 radical (unpaired) electrons. The maximum absolute atomic E-state index is 10.8. The summed E-state index contributed by atoms with van der Waals surface area (Å²) >= 11 is 18.9. The fourth-order valence-electron chi connectivity index (χ4n) is 1.60. The average Bonchev–Trinajstić information content (AvgIpc) is 2.40. The lowest BCUT2D eigenvalue weighted by atomic mass is 10.2. The number of carbonyl (C=O) groups excluding carboxylic acids is 1. The molecule has 2 aromatic rings. The molecule has 0 atom stereocenters. The van der Waals surface area contributed by atoms with E-state index in [-0.39, 0.29) is 6.61 Å². The average molecular weight is 439 g/mol. The Morgan fingerprint density at radius 3 is 2.15 bits per heavy atom. The highest BCUT2D eigenvalue weighted by atomic mass is 79.9. The van der Waals surface area contributed by atoms with Crippen LogP contribution in [-0.2, 0) is 6.61 Å². The Morgan fingerprint density at radius 2 is 1.65 bits per heavy atom. The van der Waals surface area contributed by atoms with Crippen LogP contribution in [0.25, 0.3) is 0 Å². The van der Waals surface area contributed by atoms with Gasteiger partial charge in [0.15, 0.2) is 0 Å². The van der Waals surface area contributed by atoms with Crippen molar-refractivity contribution >= 4 is 61.3 Å². The van der Waals surface area contributed by atoms with E-state index in [9.17, 15) is 4.79 Å². The molecule has 0 saturated heterocycles. The van der Waals surface area contributed by atoms with Gasteiger partial charge in [-0.15, -0.1) is 0 Å². The van der Waals surface area contributed by atoms with Crippen LogP contribution in [-0.4, -0.2) is 6.29 Å². The maximum atomic E-state index is 10.8. The van der Waals surface area contributed by atoms with Crippen molar-refractivity contribution in [2.75, 3.05) is 0 Å². The number of halogens is 4. The Hall–Kier alpha value is -0.550. The second kappa shape index (κ2) is 6.94. The molecule has 2 nitrogen and oxygen atoms in total. The number of carbonyl (C=O) groups is 1. The predicted molar refractivity (Wildman–Crippen MR) is 88.0 cm³/mol. The van der Waals surface area contributed by atoms with E-state index in [2.05, 4.69) is 31.9 Å². The lowest BCUT2D eigenvalue weighted by molar-refractivity contribution is 0.112. The van der Waals surface area contributed by atoms with Crippen LogP contribution < -0.4 is 4.74 Å². The number of rotatable bonds is 4. The minimum absolute atomic E-state index is 0.232. The number of ether oxygens (including phenoxy) is 1. The van der Waals surface area contributed by atoms with Crippen LogP contribution in [0.1, 0.15) is 15.9 Å². The zero-order valence-electron chi connectivity index (χ0n) is 10.00. The predicted octanol–water partition coefficient (Wildman–Crippen LogP) is 5.91. The van der Waals surface area contributed by atoms with Crippen LogP contribution >= 0.6 is 55.1 Å². The molecule has 0 aliphatic carbocycles. The van der Waals surface area contributed by atoms with Crippen LogP contribution in [0.15, 0.2) is 39.3 Å². The molecule has 0 aliphatic heterocycles. The standard InChI is InChI=1S/C14H8Br2Cl2O2/c15-10-4-8(6-19)5-11(16)14(10)20-7-9-12(17)2-1-3-13(9)18/h1-6H,7H2. The second-order valence-electron chi connectivity index (χ2n) is 3.92. The minimum atomic E-state index is 0.232. The van der Waals surface area contributed by atoms with Crippen molar-refractivity contribution in [2.45, 2.75) is 6.61 Å². The smallest absolute Gasteiger partial charge is 0.150 e. The van der Waals surface area contributed by atoms with Crippen molar-refractivity contribution in [1.29, 1.82) is 0 Å². The largest absolute Gasteiger partial charge is 0.486 e. The summed E-state index contributed by atoms with van der Waals surface area (Å²) in [7, 11) is 0. The van der Waals surface area contributed by atoms with Gasteiger partial charge in [-0.25, -0.2) is 0 Å². The molecule has 104 valence electrons. The van der Waals surface area contributed by atoms with Crippen molar-refractivity contribution in [2.24, 2.45) is 0 Å². The van der Waals surface area contributed by atoms with Crippen LogP contribution in [0.3, 0.4) is 0 Å². The summed E-state index contributed by atoms with van der Waals surface area (Å²) in [5.74, 6) is 0.589. The SMILES string of the molecule is O=Cc1cc(Br)c(OCc2c(Cl)cccc2Cl)c(Br)c1. The third-order valence-corrected chi connectivity index (χ3v) is 4.47. The van der Waals surface area contributed by atoms with E-state index in [4.69, 9.17) is 27.9 Å². The topological polar surface area (TPSA) is 26.3 Å². The third-order valence-electron chi connectivity index (χ3n) is 2.58. The second-order valence-corrected chi connectivity index (χ2v) is 6.44. The van der Waals surface area contributed by atoms with Crippen LogP contribution in [0, 0.1) is 0 Å². The van der Waals surface area contributed by atoms with Gasteiger partial charge in [0.05, 0.1) is 8.95 Å². The van der Waals surface area contributed by atoms with Gasteiger partial charge in [0, 0.05) is 21.2 Å². The van der Waals surface area contributed by atoms with Gasteiger partial charge in [-0.1, -0.05) is 29.3 Å². The zero-order valence-corrected chi connectivity index (χ0v) is 14.7. The number of aldehydes is 1. The van der Waals surface area contributed by atoms with Gasteiger partial charge in [0.25, 0.3) is 0 Å². The summed E-state index contributed by atoms with van der Waals surface area (Å²) in [4.78, 5) is 10.8. The summed E-state index contributed by atoms with van der Waals surface area (Å²) in [5.41, 5.74) is 1.26. The van der Waals surface area contributed by atoms with E-state index in [1.165, 1.54) is 0 Å². The molecule has 6 heteroatoms. The van der Waals surface area contributed by atoms with Crippen molar-refractivity contribution in [3.05, 3.63) is 60.4 Å². The van der Waals surface area contributed by atoms with Crippen LogP contribution in [0.5, 0.6) is 5.75 Å². The highest BCUT2D eigenvalue weighted by molar-refractivity contribution is 9.11. The van der Waals surface area contributed by atoms with Crippen molar-refractivity contribution in [1.82, 2.24) is 0 Å². The monoisotopic (exact) mass is 436 g/mol. The molecule has 20 heavy (non-hydrogen) atoms. The summed E-state index contributed by atoms with van der Waals surface area (Å²) in [6.07, 6.45) is 0.768. The molecule has 0 aromatic heterocycles. The van der Waals surface area contributed by atoms with Gasteiger partial charge >= 0.3 is 0 Å². The van der Waals surface area contributed by atoms with Crippen molar-refractivity contribution < 1.29 is 9.53 Å². The number of benzene rings is 2. The fraction of sp³-hybridized carbons (Fsp3) is 0.0714. The molecule has 0 amide bonds. The molecular formula is C14H8Br2Cl2O2. The Balaban J connectivity index is 2.26. The highest BCUT2D eigenvalue weighted by Gasteiger charge is 2.11. The Morgan fingerprint density at radius 1 is 1.10 bits per heavy atom. The number of hydrogen-bond acceptors (Lipinski definition) is 2. The molecule has 0 N–H and O–H groups in total. The van der Waals surface area contributed by atoms with Gasteiger partial charge in [-0.3, -0.25) is 4.79 Å². The van der Waals surface area contributed by atoms with Crippen molar-refractivity contribution in [3.63, 3.8) is 0 Å². The van der Waals surface area contributed by atoms with Gasteiger partial charge in [0.1, 0.15) is 18.6 Å². The quantitative estimate of drug-likeness (QED) is 0.555. The summed E-state index contributed by atoms with van der Waals surface area (Å²) < 4.78 is 7.09. The van der Waals surface area contributed by atoms with E-state index in [0.29, 0.717) is 35.9 Å². The summed E-state index contributed by atoms with van der Waals surface area (Å²) in [6.45, 7) is 0.232. The Kier molecular flexibility index (Phi) is 5.49. The third kappa shape index (κ3) is 3.55. The number of hydrogen-bond donors (Lipinski definition) is 0. The van der Waals surface area contributed by atoms with E-state index < -0.39 is 0 Å². The zero-order chi connectivity index (χ0) is 14.7. The molecule has 0 unspecified atom stereocenters. The first-order valence-electron chi connectivity index (χ1n) is 5.53. The fourth-order valence-corrected chi connectivity index (χ4v) is 3.56. The van der Waals surface area contributed by atoms with E-state index >= 15 is 0 Å². The first kappa shape index (κ1) is 15.8. The van der Waals surface area contributed by atoms with E-state index in [1.807, 2.05) is 0 Å². The maximum Gasteiger partial charge on any atom is 0.150 e. The first-order valence-corrected chi connectivity index (χ1v) is 7.87. The molecular weight excluding hydrogens is 431 g/mol. The molecule has 2 aromatic carbocycles. The summed E-state index contributed by atoms with van der Waals surface area (Å²) in [5, 5.41) is 1.10. The molecule has 0 bridgehead atoms. The first-order chi connectivity index (χ1) is 9.52. The molecule has 0 spiro atoms. The van der Waals surface area contributed by atoms with Gasteiger partial charge in [0.2, 0.25) is 0 Å². The van der Waals surface area contributed by atoms with E-state index in [1.54, 1.807) is 30.3 Å². The van der Waals surface area contributed by atoms with Gasteiger partial charge < -0.3 is 4.74 Å². The van der Waals surface area contributed by atoms with Crippen LogP contribution in [0.4, 0.5) is 0 Å². The lowest BCUT2D eigenvalue weighted by Gasteiger charge is -2.12.